The fourth-order valence-corrected chi connectivity index (χ4v) is 9.32. The smallest absolute Gasteiger partial charge is 0.306 e. The summed E-state index contributed by atoms with van der Waals surface area (Å²) in [7, 11) is 0. The molecule has 6 nitrogen and oxygen atoms in total. The second-order valence-electron chi connectivity index (χ2n) is 22.0. The Morgan fingerprint density at radius 1 is 0.269 bits per heavy atom. The van der Waals surface area contributed by atoms with Crippen molar-refractivity contribution in [2.45, 2.75) is 329 Å². The molecule has 448 valence electrons. The molecule has 1 unspecified atom stereocenters. The molecule has 78 heavy (non-hydrogen) atoms. The van der Waals surface area contributed by atoms with Gasteiger partial charge >= 0.3 is 17.9 Å². The van der Waals surface area contributed by atoms with Gasteiger partial charge in [-0.2, -0.15) is 0 Å². The molecule has 1 atom stereocenters. The fraction of sp³-hybridized carbons (Fsp3) is 0.736. The SMILES string of the molecule is CC/C=C\C/C=C\C/C=C\C/C=C\CCCCCCCCC(=O)OC(COC(=O)CCCCCCC/C=C\CCCCCCC)COC(=O)CCCCCCCCCCCCCC/C=C\C/C=C\C/C=C\CCCCCCC. The molecule has 0 heterocycles. The Kier molecular flexibility index (Phi) is 62.7. The van der Waals surface area contributed by atoms with E-state index in [1.807, 2.05) is 0 Å². The Morgan fingerprint density at radius 3 is 0.795 bits per heavy atom. The number of carbonyl (C=O) groups is 3. The zero-order valence-electron chi connectivity index (χ0n) is 51.4. The van der Waals surface area contributed by atoms with E-state index in [1.165, 1.54) is 167 Å². The van der Waals surface area contributed by atoms with Crippen LogP contribution in [-0.4, -0.2) is 37.2 Å². The molecule has 0 aromatic rings. The van der Waals surface area contributed by atoms with Gasteiger partial charge in [0.2, 0.25) is 0 Å². The van der Waals surface area contributed by atoms with E-state index >= 15 is 0 Å². The van der Waals surface area contributed by atoms with Crippen molar-refractivity contribution in [1.29, 1.82) is 0 Å². The highest BCUT2D eigenvalue weighted by Crippen LogP contribution is 2.16. The summed E-state index contributed by atoms with van der Waals surface area (Å²) in [5.41, 5.74) is 0. The van der Waals surface area contributed by atoms with Gasteiger partial charge in [-0.3, -0.25) is 14.4 Å². The molecule has 0 aliphatic carbocycles. The summed E-state index contributed by atoms with van der Waals surface area (Å²) >= 11 is 0. The Labute approximate surface area is 483 Å². The molecule has 0 spiro atoms. The van der Waals surface area contributed by atoms with E-state index in [-0.39, 0.29) is 31.1 Å². The first-order valence-corrected chi connectivity index (χ1v) is 33.2. The second-order valence-corrected chi connectivity index (χ2v) is 22.0. The molecule has 0 saturated heterocycles. The number of carbonyl (C=O) groups excluding carboxylic acids is 3. The molecule has 0 rings (SSSR count). The van der Waals surface area contributed by atoms with Gasteiger partial charge in [0.05, 0.1) is 0 Å². The van der Waals surface area contributed by atoms with Crippen LogP contribution in [-0.2, 0) is 28.6 Å². The quantitative estimate of drug-likeness (QED) is 0.0261. The molecule has 0 bridgehead atoms. The molecule has 0 radical (unpaired) electrons. The fourth-order valence-electron chi connectivity index (χ4n) is 9.32. The van der Waals surface area contributed by atoms with Crippen LogP contribution in [0.15, 0.2) is 97.2 Å². The monoisotopic (exact) mass is 1080 g/mol. The summed E-state index contributed by atoms with van der Waals surface area (Å²) in [6.07, 6.45) is 88.4. The number of ether oxygens (including phenoxy) is 3. The first kappa shape index (κ1) is 74.3. The predicted molar refractivity (Wildman–Crippen MR) is 339 cm³/mol. The van der Waals surface area contributed by atoms with Gasteiger partial charge in [-0.15, -0.1) is 0 Å². The lowest BCUT2D eigenvalue weighted by atomic mass is 10.0. The molecule has 0 N–H and O–H groups in total. The van der Waals surface area contributed by atoms with Crippen LogP contribution in [0, 0.1) is 0 Å². The van der Waals surface area contributed by atoms with Crippen LogP contribution >= 0.6 is 0 Å². The number of esters is 3. The van der Waals surface area contributed by atoms with Gasteiger partial charge in [0.1, 0.15) is 13.2 Å². The standard InChI is InChI=1S/C72H124O6/c1-4-7-10-13-16-19-22-25-28-30-32-33-34-35-36-37-38-39-41-42-44-47-50-53-56-59-62-65-71(74)77-68-69(67-76-70(73)64-61-58-55-52-49-46-27-24-21-18-15-12-9-6-3)78-72(75)66-63-60-57-54-51-48-45-43-40-31-29-26-23-20-17-14-11-8-5-2/h8,11,17,20,22,24-27,29-30,32,34-35,40,43,69H,4-7,9-10,12-16,18-19,21,23,28,31,33,36-39,41-42,44-68H2,1-3H3/b11-8-,20-17-,25-22-,27-24-,29-26-,32-30-,35-34-,43-40-. The lowest BCUT2D eigenvalue weighted by Crippen LogP contribution is -2.30. The van der Waals surface area contributed by atoms with Gasteiger partial charge in [0.25, 0.3) is 0 Å². The lowest BCUT2D eigenvalue weighted by molar-refractivity contribution is -0.167. The van der Waals surface area contributed by atoms with Crippen molar-refractivity contribution < 1.29 is 28.6 Å². The van der Waals surface area contributed by atoms with Crippen LogP contribution in [0.25, 0.3) is 0 Å². The summed E-state index contributed by atoms with van der Waals surface area (Å²) in [5.74, 6) is -0.900. The second kappa shape index (κ2) is 65.8. The third-order valence-corrected chi connectivity index (χ3v) is 14.3. The Morgan fingerprint density at radius 2 is 0.500 bits per heavy atom. The third-order valence-electron chi connectivity index (χ3n) is 14.3. The zero-order valence-corrected chi connectivity index (χ0v) is 51.4. The molecular formula is C72H124O6. The Bertz CT molecular complexity index is 1530. The molecule has 0 aliphatic rings. The van der Waals surface area contributed by atoms with Crippen LogP contribution in [0.2, 0.25) is 0 Å². The number of hydrogen-bond acceptors (Lipinski definition) is 6. The molecule has 0 aromatic carbocycles. The highest BCUT2D eigenvalue weighted by Gasteiger charge is 2.19. The molecule has 0 fully saturated rings. The largest absolute Gasteiger partial charge is 0.462 e. The van der Waals surface area contributed by atoms with E-state index in [0.717, 1.165) is 116 Å². The molecule has 0 aliphatic heterocycles. The van der Waals surface area contributed by atoms with E-state index in [0.29, 0.717) is 19.3 Å². The van der Waals surface area contributed by atoms with Gasteiger partial charge in [0.15, 0.2) is 6.10 Å². The third kappa shape index (κ3) is 63.2. The normalized spacial score (nSPS) is 12.7. The van der Waals surface area contributed by atoms with Crippen molar-refractivity contribution >= 4 is 17.9 Å². The first-order chi connectivity index (χ1) is 38.5. The lowest BCUT2D eigenvalue weighted by Gasteiger charge is -2.18. The molecular weight excluding hydrogens is 961 g/mol. The minimum Gasteiger partial charge on any atom is -0.462 e. The van der Waals surface area contributed by atoms with Crippen LogP contribution in [0.4, 0.5) is 0 Å². The summed E-state index contributed by atoms with van der Waals surface area (Å²) < 4.78 is 16.9. The van der Waals surface area contributed by atoms with Gasteiger partial charge in [-0.05, 0) is 122 Å². The van der Waals surface area contributed by atoms with Crippen molar-refractivity contribution in [3.8, 4) is 0 Å². The van der Waals surface area contributed by atoms with Gasteiger partial charge in [0, 0.05) is 19.3 Å². The number of unbranched alkanes of at least 4 members (excludes halogenated alkanes) is 33. The Balaban J connectivity index is 4.33. The van der Waals surface area contributed by atoms with Crippen molar-refractivity contribution in [2.24, 2.45) is 0 Å². The summed E-state index contributed by atoms with van der Waals surface area (Å²) in [6, 6.07) is 0. The van der Waals surface area contributed by atoms with Crippen LogP contribution in [0.3, 0.4) is 0 Å². The van der Waals surface area contributed by atoms with Crippen LogP contribution < -0.4 is 0 Å². The van der Waals surface area contributed by atoms with E-state index in [4.69, 9.17) is 14.2 Å². The topological polar surface area (TPSA) is 78.9 Å². The van der Waals surface area contributed by atoms with E-state index in [9.17, 15) is 14.4 Å². The Hall–Kier alpha value is -3.67. The minimum atomic E-state index is -0.791. The van der Waals surface area contributed by atoms with Crippen molar-refractivity contribution in [3.05, 3.63) is 97.2 Å². The number of rotatable bonds is 60. The maximum absolute atomic E-state index is 12.9. The summed E-state index contributed by atoms with van der Waals surface area (Å²) in [5, 5.41) is 0. The predicted octanol–water partition coefficient (Wildman–Crippen LogP) is 22.8. The van der Waals surface area contributed by atoms with Crippen molar-refractivity contribution in [2.75, 3.05) is 13.2 Å². The molecule has 0 aromatic heterocycles. The zero-order chi connectivity index (χ0) is 56.4. The highest BCUT2D eigenvalue weighted by molar-refractivity contribution is 5.71. The molecule has 0 amide bonds. The summed E-state index contributed by atoms with van der Waals surface area (Å²) in [6.45, 7) is 6.51. The summed E-state index contributed by atoms with van der Waals surface area (Å²) in [4.78, 5) is 38.4. The first-order valence-electron chi connectivity index (χ1n) is 33.2. The van der Waals surface area contributed by atoms with E-state index < -0.39 is 6.10 Å². The van der Waals surface area contributed by atoms with Gasteiger partial charge < -0.3 is 14.2 Å². The van der Waals surface area contributed by atoms with Crippen molar-refractivity contribution in [3.63, 3.8) is 0 Å². The maximum Gasteiger partial charge on any atom is 0.306 e. The van der Waals surface area contributed by atoms with E-state index in [2.05, 4.69) is 118 Å². The van der Waals surface area contributed by atoms with Gasteiger partial charge in [-0.1, -0.05) is 279 Å². The maximum atomic E-state index is 12.9. The van der Waals surface area contributed by atoms with Crippen LogP contribution in [0.1, 0.15) is 323 Å². The van der Waals surface area contributed by atoms with Crippen LogP contribution in [0.5, 0.6) is 0 Å². The highest BCUT2D eigenvalue weighted by atomic mass is 16.6. The average molecular weight is 1090 g/mol. The number of allylic oxidation sites excluding steroid dienone is 16. The average Bonchev–Trinajstić information content (AvgIpc) is 3.44. The van der Waals surface area contributed by atoms with E-state index in [1.54, 1.807) is 0 Å². The molecule has 0 saturated carbocycles. The minimum absolute atomic E-state index is 0.0862. The van der Waals surface area contributed by atoms with Gasteiger partial charge in [-0.25, -0.2) is 0 Å². The number of hydrogen-bond donors (Lipinski definition) is 0. The molecule has 6 heteroatoms. The van der Waals surface area contributed by atoms with Crippen molar-refractivity contribution in [1.82, 2.24) is 0 Å².